The number of ether oxygens (including phenoxy) is 1. The average molecular weight is 238 g/mol. The van der Waals surface area contributed by atoms with Crippen molar-refractivity contribution in [3.8, 4) is 0 Å². The molecule has 1 amide bonds. The lowest BCUT2D eigenvalue weighted by Crippen LogP contribution is -2.30. The van der Waals surface area contributed by atoms with E-state index in [-0.39, 0.29) is 18.6 Å². The van der Waals surface area contributed by atoms with E-state index in [0.29, 0.717) is 0 Å². The monoisotopic (exact) mass is 238 g/mol. The van der Waals surface area contributed by atoms with Gasteiger partial charge in [-0.15, -0.1) is 0 Å². The fourth-order valence-corrected chi connectivity index (χ4v) is 1.23. The Balaban J connectivity index is 2.34. The Kier molecular flexibility index (Phi) is 5.09. The van der Waals surface area contributed by atoms with Gasteiger partial charge in [0.15, 0.2) is 0 Å². The van der Waals surface area contributed by atoms with Gasteiger partial charge in [0, 0.05) is 12.4 Å². The lowest BCUT2D eigenvalue weighted by Gasteiger charge is -2.13. The summed E-state index contributed by atoms with van der Waals surface area (Å²) in [5.74, 6) is -1.46. The van der Waals surface area contributed by atoms with E-state index in [1.807, 2.05) is 13.0 Å². The summed E-state index contributed by atoms with van der Waals surface area (Å²) >= 11 is 0. The molecule has 0 spiro atoms. The van der Waals surface area contributed by atoms with Crippen molar-refractivity contribution in [1.29, 1.82) is 0 Å². The van der Waals surface area contributed by atoms with Gasteiger partial charge in [-0.3, -0.25) is 9.78 Å². The van der Waals surface area contributed by atoms with Crippen LogP contribution >= 0.6 is 0 Å². The molecule has 1 heterocycles. The Morgan fingerprint density at radius 1 is 1.53 bits per heavy atom. The highest BCUT2D eigenvalue weighted by atomic mass is 16.5. The van der Waals surface area contributed by atoms with E-state index in [2.05, 4.69) is 15.0 Å². The molecule has 0 saturated carbocycles. The molecule has 1 aromatic heterocycles. The van der Waals surface area contributed by atoms with Crippen molar-refractivity contribution in [2.24, 2.45) is 0 Å². The number of nitrogens with one attached hydrogen (secondary N) is 1. The van der Waals surface area contributed by atoms with Crippen LogP contribution < -0.4 is 5.32 Å². The van der Waals surface area contributed by atoms with Gasteiger partial charge in [-0.25, -0.2) is 4.79 Å². The van der Waals surface area contributed by atoms with Crippen LogP contribution in [-0.2, 0) is 14.3 Å². The molecule has 0 saturated heterocycles. The normalized spacial score (nSPS) is 11.8. The maximum absolute atomic E-state index is 11.4. The molecule has 0 fully saturated rings. The second-order valence-electron chi connectivity index (χ2n) is 3.46. The van der Waals surface area contributed by atoms with E-state index in [1.54, 1.807) is 18.5 Å². The van der Waals surface area contributed by atoms with Crippen LogP contribution in [0.4, 0.5) is 0 Å². The zero-order chi connectivity index (χ0) is 12.7. The minimum Gasteiger partial charge on any atom is -0.480 e. The molecule has 17 heavy (non-hydrogen) atoms. The van der Waals surface area contributed by atoms with Crippen LogP contribution in [0.5, 0.6) is 0 Å². The van der Waals surface area contributed by atoms with Crippen molar-refractivity contribution in [1.82, 2.24) is 10.3 Å². The third kappa shape index (κ3) is 5.07. The van der Waals surface area contributed by atoms with E-state index >= 15 is 0 Å². The summed E-state index contributed by atoms with van der Waals surface area (Å²) in [6.07, 6.45) is 3.30. The number of carboxylic acids is 1. The van der Waals surface area contributed by atoms with Gasteiger partial charge in [-0.1, -0.05) is 6.07 Å². The molecule has 0 aromatic carbocycles. The van der Waals surface area contributed by atoms with Gasteiger partial charge in [0.1, 0.15) is 13.2 Å². The number of carbonyl (C=O) groups is 2. The number of aliphatic carboxylic acids is 1. The van der Waals surface area contributed by atoms with Crippen LogP contribution in [0.3, 0.4) is 0 Å². The number of nitrogens with zero attached hydrogens (tertiary/aromatic N) is 1. The SMILES string of the molecule is C[C@H](NC(=O)COCC(=O)O)c1cccnc1. The van der Waals surface area contributed by atoms with E-state index in [1.165, 1.54) is 0 Å². The van der Waals surface area contributed by atoms with E-state index < -0.39 is 12.6 Å². The van der Waals surface area contributed by atoms with Crippen LogP contribution in [0, 0.1) is 0 Å². The molecular weight excluding hydrogens is 224 g/mol. The number of hydrogen-bond donors (Lipinski definition) is 2. The second-order valence-corrected chi connectivity index (χ2v) is 3.46. The standard InChI is InChI=1S/C11H14N2O4/c1-8(9-3-2-4-12-5-9)13-10(14)6-17-7-11(15)16/h2-5,8H,6-7H2,1H3,(H,13,14)(H,15,16)/t8-/m0/s1. The van der Waals surface area contributed by atoms with Crippen LogP contribution in [-0.4, -0.2) is 35.2 Å². The summed E-state index contributed by atoms with van der Waals surface area (Å²) in [6.45, 7) is 1.07. The molecule has 0 aliphatic rings. The Hall–Kier alpha value is -1.95. The molecule has 92 valence electrons. The predicted molar refractivity (Wildman–Crippen MR) is 59.2 cm³/mol. The van der Waals surface area contributed by atoms with E-state index in [0.717, 1.165) is 5.56 Å². The van der Waals surface area contributed by atoms with Crippen molar-refractivity contribution in [2.75, 3.05) is 13.2 Å². The summed E-state index contributed by atoms with van der Waals surface area (Å²) in [4.78, 5) is 25.5. The first kappa shape index (κ1) is 13.1. The minimum absolute atomic E-state index is 0.190. The molecule has 1 atom stereocenters. The van der Waals surface area contributed by atoms with Gasteiger partial charge in [0.05, 0.1) is 6.04 Å². The fourth-order valence-electron chi connectivity index (χ4n) is 1.23. The van der Waals surface area contributed by atoms with Crippen molar-refractivity contribution < 1.29 is 19.4 Å². The zero-order valence-corrected chi connectivity index (χ0v) is 9.42. The maximum Gasteiger partial charge on any atom is 0.329 e. The fraction of sp³-hybridized carbons (Fsp3) is 0.364. The molecule has 1 rings (SSSR count). The van der Waals surface area contributed by atoms with Crippen LogP contribution in [0.1, 0.15) is 18.5 Å². The zero-order valence-electron chi connectivity index (χ0n) is 9.42. The molecular formula is C11H14N2O4. The maximum atomic E-state index is 11.4. The number of aromatic nitrogens is 1. The van der Waals surface area contributed by atoms with Gasteiger partial charge in [0.25, 0.3) is 0 Å². The molecule has 0 radical (unpaired) electrons. The number of amides is 1. The molecule has 0 aliphatic carbocycles. The molecule has 0 aliphatic heterocycles. The Bertz CT molecular complexity index is 380. The van der Waals surface area contributed by atoms with Crippen LogP contribution in [0.25, 0.3) is 0 Å². The Morgan fingerprint density at radius 3 is 2.88 bits per heavy atom. The predicted octanol–water partition coefficient (Wildman–Crippen LogP) is 0.360. The number of hydrogen-bond acceptors (Lipinski definition) is 4. The molecule has 6 heteroatoms. The summed E-state index contributed by atoms with van der Waals surface area (Å²) in [5, 5.41) is 11.0. The van der Waals surface area contributed by atoms with Gasteiger partial charge in [0.2, 0.25) is 5.91 Å². The first-order valence-corrected chi connectivity index (χ1v) is 5.08. The highest BCUT2D eigenvalue weighted by Crippen LogP contribution is 2.09. The summed E-state index contributed by atoms with van der Waals surface area (Å²) in [6, 6.07) is 3.43. The largest absolute Gasteiger partial charge is 0.480 e. The first-order valence-electron chi connectivity index (χ1n) is 5.08. The molecule has 2 N–H and O–H groups in total. The Labute approximate surface area is 98.6 Å². The van der Waals surface area contributed by atoms with Crippen molar-refractivity contribution in [3.05, 3.63) is 30.1 Å². The summed E-state index contributed by atoms with van der Waals surface area (Å²) in [5.41, 5.74) is 0.874. The number of pyridine rings is 1. The third-order valence-electron chi connectivity index (χ3n) is 2.02. The average Bonchev–Trinajstić information content (AvgIpc) is 2.29. The lowest BCUT2D eigenvalue weighted by atomic mass is 10.1. The Morgan fingerprint density at radius 2 is 2.29 bits per heavy atom. The van der Waals surface area contributed by atoms with Gasteiger partial charge in [-0.05, 0) is 18.6 Å². The van der Waals surface area contributed by atoms with E-state index in [4.69, 9.17) is 5.11 Å². The highest BCUT2D eigenvalue weighted by Gasteiger charge is 2.09. The number of carbonyl (C=O) groups excluding carboxylic acids is 1. The molecule has 0 unspecified atom stereocenters. The quantitative estimate of drug-likeness (QED) is 0.747. The van der Waals surface area contributed by atoms with Crippen LogP contribution in [0.2, 0.25) is 0 Å². The van der Waals surface area contributed by atoms with Crippen LogP contribution in [0.15, 0.2) is 24.5 Å². The topological polar surface area (TPSA) is 88.5 Å². The number of rotatable bonds is 6. The van der Waals surface area contributed by atoms with Gasteiger partial charge >= 0.3 is 5.97 Å². The van der Waals surface area contributed by atoms with Crippen molar-refractivity contribution >= 4 is 11.9 Å². The molecule has 1 aromatic rings. The number of carboxylic acid groups (broad SMARTS) is 1. The van der Waals surface area contributed by atoms with Gasteiger partial charge < -0.3 is 15.2 Å². The second kappa shape index (κ2) is 6.59. The van der Waals surface area contributed by atoms with E-state index in [9.17, 15) is 9.59 Å². The van der Waals surface area contributed by atoms with Crippen molar-refractivity contribution in [3.63, 3.8) is 0 Å². The smallest absolute Gasteiger partial charge is 0.329 e. The first-order chi connectivity index (χ1) is 8.09. The highest BCUT2D eigenvalue weighted by molar-refractivity contribution is 5.78. The molecule has 6 nitrogen and oxygen atoms in total. The summed E-state index contributed by atoms with van der Waals surface area (Å²) in [7, 11) is 0. The summed E-state index contributed by atoms with van der Waals surface area (Å²) < 4.78 is 4.67. The lowest BCUT2D eigenvalue weighted by molar-refractivity contribution is -0.143. The minimum atomic E-state index is -1.10. The van der Waals surface area contributed by atoms with Crippen molar-refractivity contribution in [2.45, 2.75) is 13.0 Å². The third-order valence-corrected chi connectivity index (χ3v) is 2.02. The molecule has 0 bridgehead atoms. The van der Waals surface area contributed by atoms with Gasteiger partial charge in [-0.2, -0.15) is 0 Å².